The van der Waals surface area contributed by atoms with Gasteiger partial charge in [-0.3, -0.25) is 4.79 Å². The highest BCUT2D eigenvalue weighted by Crippen LogP contribution is 2.19. The molecule has 1 aromatic carbocycles. The predicted molar refractivity (Wildman–Crippen MR) is 81.8 cm³/mol. The molecule has 3 N–H and O–H groups in total. The summed E-state index contributed by atoms with van der Waals surface area (Å²) in [6.45, 7) is 6.80. The monoisotopic (exact) mass is 309 g/mol. The number of hydrogen-bond donors (Lipinski definition) is 3. The lowest BCUT2D eigenvalue weighted by Crippen LogP contribution is -2.38. The number of aryl methyl sites for hydroxylation is 1. The van der Waals surface area contributed by atoms with Crippen molar-refractivity contribution >= 4 is 12.4 Å². The van der Waals surface area contributed by atoms with E-state index in [1.165, 1.54) is 6.07 Å². The van der Waals surface area contributed by atoms with E-state index in [1.54, 1.807) is 39.8 Å². The first-order valence-corrected chi connectivity index (χ1v) is 7.02. The van der Waals surface area contributed by atoms with E-state index < -0.39 is 23.9 Å². The summed E-state index contributed by atoms with van der Waals surface area (Å²) >= 11 is 0. The first-order valence-electron chi connectivity index (χ1n) is 7.02. The van der Waals surface area contributed by atoms with E-state index >= 15 is 0 Å². The van der Waals surface area contributed by atoms with Crippen molar-refractivity contribution < 1.29 is 24.5 Å². The fraction of sp³-hybridized carbons (Fsp3) is 0.500. The third-order valence-electron chi connectivity index (χ3n) is 2.82. The number of hydrogen-bond acceptors (Lipinski definition) is 5. The van der Waals surface area contributed by atoms with Crippen LogP contribution >= 0.6 is 0 Å². The topological polar surface area (TPSA) is 95.9 Å². The van der Waals surface area contributed by atoms with E-state index in [4.69, 9.17) is 4.74 Å². The second-order valence-electron chi connectivity index (χ2n) is 6.19. The minimum Gasteiger partial charge on any atom is -0.444 e. The Balaban J connectivity index is 2.65. The van der Waals surface area contributed by atoms with E-state index in [9.17, 15) is 19.8 Å². The molecule has 0 aliphatic carbocycles. The van der Waals surface area contributed by atoms with Gasteiger partial charge >= 0.3 is 6.09 Å². The van der Waals surface area contributed by atoms with Crippen LogP contribution in [-0.2, 0) is 4.74 Å². The fourth-order valence-electron chi connectivity index (χ4n) is 1.92. The molecule has 1 amide bonds. The van der Waals surface area contributed by atoms with Crippen LogP contribution in [0.1, 0.15) is 48.4 Å². The molecule has 0 aliphatic heterocycles. The molecule has 122 valence electrons. The predicted octanol–water partition coefficient (Wildman–Crippen LogP) is 1.73. The minimum absolute atomic E-state index is 0.166. The van der Waals surface area contributed by atoms with Gasteiger partial charge in [-0.1, -0.05) is 11.6 Å². The van der Waals surface area contributed by atoms with Crippen LogP contribution in [0, 0.1) is 6.92 Å². The lowest BCUT2D eigenvalue weighted by atomic mass is 9.99. The van der Waals surface area contributed by atoms with Gasteiger partial charge in [0.2, 0.25) is 0 Å². The lowest BCUT2D eigenvalue weighted by Gasteiger charge is -2.22. The van der Waals surface area contributed by atoms with Gasteiger partial charge < -0.3 is 20.3 Å². The number of aldehydes is 1. The first-order chi connectivity index (χ1) is 10.1. The SMILES string of the molecule is Cc1cc(C=O)cc(C(O)C(O)CNC(=O)OC(C)(C)C)c1. The highest BCUT2D eigenvalue weighted by molar-refractivity contribution is 5.75. The Morgan fingerprint density at radius 3 is 2.50 bits per heavy atom. The summed E-state index contributed by atoms with van der Waals surface area (Å²) in [4.78, 5) is 22.3. The zero-order valence-corrected chi connectivity index (χ0v) is 13.3. The molecule has 0 radical (unpaired) electrons. The number of amides is 1. The second kappa shape index (κ2) is 7.38. The molecule has 6 nitrogen and oxygen atoms in total. The van der Waals surface area contributed by atoms with E-state index in [0.29, 0.717) is 17.4 Å². The number of aliphatic hydroxyl groups is 2. The van der Waals surface area contributed by atoms with E-state index in [-0.39, 0.29) is 6.54 Å². The fourth-order valence-corrected chi connectivity index (χ4v) is 1.92. The molecule has 0 heterocycles. The number of carbonyl (C=O) groups is 2. The summed E-state index contributed by atoms with van der Waals surface area (Å²) in [5.41, 5.74) is 0.996. The molecule has 0 fully saturated rings. The maximum absolute atomic E-state index is 11.5. The van der Waals surface area contributed by atoms with Crippen LogP contribution in [0.5, 0.6) is 0 Å². The molecule has 22 heavy (non-hydrogen) atoms. The zero-order chi connectivity index (χ0) is 16.9. The number of carbonyl (C=O) groups excluding carboxylic acids is 2. The van der Waals surface area contributed by atoms with Crippen LogP contribution in [0.4, 0.5) is 4.79 Å². The normalized spacial score (nSPS) is 14.1. The summed E-state index contributed by atoms with van der Waals surface area (Å²) in [7, 11) is 0. The average molecular weight is 309 g/mol. The number of ether oxygens (including phenoxy) is 1. The summed E-state index contributed by atoms with van der Waals surface area (Å²) in [6, 6.07) is 4.85. The quantitative estimate of drug-likeness (QED) is 0.720. The van der Waals surface area contributed by atoms with E-state index in [1.807, 2.05) is 0 Å². The highest BCUT2D eigenvalue weighted by atomic mass is 16.6. The Labute approximate surface area is 130 Å². The maximum atomic E-state index is 11.5. The van der Waals surface area contributed by atoms with Crippen LogP contribution in [0.15, 0.2) is 18.2 Å². The van der Waals surface area contributed by atoms with Crippen molar-refractivity contribution in [3.8, 4) is 0 Å². The van der Waals surface area contributed by atoms with Gasteiger partial charge in [-0.25, -0.2) is 4.79 Å². The third kappa shape index (κ3) is 5.83. The van der Waals surface area contributed by atoms with Gasteiger partial charge in [-0.05, 0) is 45.4 Å². The maximum Gasteiger partial charge on any atom is 0.407 e. The highest BCUT2D eigenvalue weighted by Gasteiger charge is 2.22. The molecule has 0 spiro atoms. The largest absolute Gasteiger partial charge is 0.444 e. The van der Waals surface area contributed by atoms with Gasteiger partial charge in [0.05, 0.1) is 0 Å². The van der Waals surface area contributed by atoms with Gasteiger partial charge in [-0.15, -0.1) is 0 Å². The van der Waals surface area contributed by atoms with Gasteiger partial charge in [0, 0.05) is 12.1 Å². The lowest BCUT2D eigenvalue weighted by molar-refractivity contribution is 0.0129. The van der Waals surface area contributed by atoms with Gasteiger partial charge in [0.1, 0.15) is 24.1 Å². The van der Waals surface area contributed by atoms with Crippen LogP contribution in [0.2, 0.25) is 0 Å². The van der Waals surface area contributed by atoms with Crippen molar-refractivity contribution in [2.45, 2.75) is 45.5 Å². The Bertz CT molecular complexity index is 536. The molecule has 0 aliphatic rings. The van der Waals surface area contributed by atoms with Crippen LogP contribution < -0.4 is 5.32 Å². The number of benzene rings is 1. The average Bonchev–Trinajstić information content (AvgIpc) is 2.41. The van der Waals surface area contributed by atoms with E-state index in [2.05, 4.69) is 5.32 Å². The van der Waals surface area contributed by atoms with Crippen LogP contribution in [0.3, 0.4) is 0 Å². The molecule has 1 rings (SSSR count). The number of alkyl carbamates (subject to hydrolysis) is 1. The Hall–Kier alpha value is -1.92. The standard InChI is InChI=1S/C16H23NO5/c1-10-5-11(9-18)7-12(6-10)14(20)13(19)8-17-15(21)22-16(2,3)4/h5-7,9,13-14,19-20H,8H2,1-4H3,(H,17,21). The number of nitrogens with one attached hydrogen (secondary N) is 1. The molecule has 1 aromatic rings. The molecule has 0 saturated carbocycles. The molecule has 0 saturated heterocycles. The van der Waals surface area contributed by atoms with Crippen LogP contribution in [0.25, 0.3) is 0 Å². The number of rotatable bonds is 5. The summed E-state index contributed by atoms with van der Waals surface area (Å²) in [6.07, 6.45) is -2.42. The minimum atomic E-state index is -1.21. The molecule has 6 heteroatoms. The van der Waals surface area contributed by atoms with Gasteiger partial charge in [0.15, 0.2) is 0 Å². The summed E-state index contributed by atoms with van der Waals surface area (Å²) in [5.74, 6) is 0. The Morgan fingerprint density at radius 2 is 1.95 bits per heavy atom. The molecular weight excluding hydrogens is 286 g/mol. The third-order valence-corrected chi connectivity index (χ3v) is 2.82. The van der Waals surface area contributed by atoms with Crippen molar-refractivity contribution in [3.05, 3.63) is 34.9 Å². The summed E-state index contributed by atoms with van der Waals surface area (Å²) in [5, 5.41) is 22.5. The van der Waals surface area contributed by atoms with Crippen molar-refractivity contribution in [2.24, 2.45) is 0 Å². The van der Waals surface area contributed by atoms with E-state index in [0.717, 1.165) is 5.56 Å². The molecular formula is C16H23NO5. The van der Waals surface area contributed by atoms with Crippen LogP contribution in [-0.4, -0.2) is 40.8 Å². The Morgan fingerprint density at radius 1 is 1.32 bits per heavy atom. The van der Waals surface area contributed by atoms with Gasteiger partial charge in [0.25, 0.3) is 0 Å². The Kier molecular flexibility index (Phi) is 6.08. The number of aliphatic hydroxyl groups excluding tert-OH is 2. The van der Waals surface area contributed by atoms with Crippen molar-refractivity contribution in [3.63, 3.8) is 0 Å². The van der Waals surface area contributed by atoms with Crippen molar-refractivity contribution in [1.29, 1.82) is 0 Å². The molecule has 0 aromatic heterocycles. The van der Waals surface area contributed by atoms with Crippen molar-refractivity contribution in [1.82, 2.24) is 5.32 Å². The smallest absolute Gasteiger partial charge is 0.407 e. The molecule has 2 atom stereocenters. The molecule has 0 bridgehead atoms. The summed E-state index contributed by atoms with van der Waals surface area (Å²) < 4.78 is 5.04. The molecule has 2 unspecified atom stereocenters. The first kappa shape index (κ1) is 18.1. The van der Waals surface area contributed by atoms with Crippen molar-refractivity contribution in [2.75, 3.05) is 6.54 Å². The zero-order valence-electron chi connectivity index (χ0n) is 13.3. The van der Waals surface area contributed by atoms with Gasteiger partial charge in [-0.2, -0.15) is 0 Å². The second-order valence-corrected chi connectivity index (χ2v) is 6.19.